The van der Waals surface area contributed by atoms with E-state index in [2.05, 4.69) is 10.3 Å². The van der Waals surface area contributed by atoms with Crippen molar-refractivity contribution in [2.24, 2.45) is 0 Å². The molecule has 0 unspecified atom stereocenters. The summed E-state index contributed by atoms with van der Waals surface area (Å²) in [7, 11) is 0. The second-order valence-electron chi connectivity index (χ2n) is 5.66. The van der Waals surface area contributed by atoms with Gasteiger partial charge in [0.05, 0.1) is 17.2 Å². The van der Waals surface area contributed by atoms with Crippen LogP contribution < -0.4 is 10.9 Å². The molecule has 1 aromatic carbocycles. The standard InChI is InChI=1S/C17H21N3O4/c1-12-5-4-6-13-16(12)19-11-20(17(13)24)10-8-14(21)18-9-3-2-7-15(22)23/h4-6,11H,2-3,7-10H2,1H3,(H,18,21)(H,22,23). The van der Waals surface area contributed by atoms with Gasteiger partial charge >= 0.3 is 5.97 Å². The third-order valence-electron chi connectivity index (χ3n) is 3.77. The number of carboxylic acid groups (broad SMARTS) is 1. The van der Waals surface area contributed by atoms with E-state index < -0.39 is 5.97 Å². The lowest BCUT2D eigenvalue weighted by Gasteiger charge is -2.08. The van der Waals surface area contributed by atoms with E-state index in [0.29, 0.717) is 30.3 Å². The molecule has 0 saturated carbocycles. The molecule has 0 atom stereocenters. The first-order chi connectivity index (χ1) is 11.5. The maximum absolute atomic E-state index is 12.4. The summed E-state index contributed by atoms with van der Waals surface area (Å²) in [5.74, 6) is -0.999. The first-order valence-corrected chi connectivity index (χ1v) is 7.92. The zero-order chi connectivity index (χ0) is 17.5. The van der Waals surface area contributed by atoms with E-state index in [-0.39, 0.29) is 30.9 Å². The van der Waals surface area contributed by atoms with Crippen molar-refractivity contribution in [1.29, 1.82) is 0 Å². The number of hydrogen-bond donors (Lipinski definition) is 2. The Kier molecular flexibility index (Phi) is 6.06. The second-order valence-corrected chi connectivity index (χ2v) is 5.66. The first-order valence-electron chi connectivity index (χ1n) is 7.92. The number of aromatic nitrogens is 2. The molecule has 1 amide bonds. The van der Waals surface area contributed by atoms with Gasteiger partial charge in [-0.25, -0.2) is 4.98 Å². The van der Waals surface area contributed by atoms with Gasteiger partial charge in [-0.2, -0.15) is 0 Å². The predicted molar refractivity (Wildman–Crippen MR) is 89.9 cm³/mol. The minimum atomic E-state index is -0.834. The van der Waals surface area contributed by atoms with E-state index in [1.807, 2.05) is 19.1 Å². The average molecular weight is 331 g/mol. The topological polar surface area (TPSA) is 101 Å². The van der Waals surface area contributed by atoms with Crippen molar-refractivity contribution in [3.05, 3.63) is 40.4 Å². The molecule has 7 heteroatoms. The minimum Gasteiger partial charge on any atom is -0.481 e. The number of para-hydroxylation sites is 1. The number of hydrogen-bond acceptors (Lipinski definition) is 4. The van der Waals surface area contributed by atoms with Gasteiger partial charge < -0.3 is 10.4 Å². The highest BCUT2D eigenvalue weighted by atomic mass is 16.4. The van der Waals surface area contributed by atoms with Crippen LogP contribution in [0.4, 0.5) is 0 Å². The molecule has 0 fully saturated rings. The monoisotopic (exact) mass is 331 g/mol. The molecule has 2 rings (SSSR count). The molecule has 2 aromatic rings. The Hall–Kier alpha value is -2.70. The Morgan fingerprint density at radius 2 is 2.04 bits per heavy atom. The van der Waals surface area contributed by atoms with Gasteiger partial charge in [0.1, 0.15) is 0 Å². The molecule has 0 aliphatic carbocycles. The quantitative estimate of drug-likeness (QED) is 0.713. The van der Waals surface area contributed by atoms with Crippen LogP contribution in [0.3, 0.4) is 0 Å². The zero-order valence-electron chi connectivity index (χ0n) is 13.6. The summed E-state index contributed by atoms with van der Waals surface area (Å²) >= 11 is 0. The molecule has 0 aliphatic rings. The fourth-order valence-corrected chi connectivity index (χ4v) is 2.44. The van der Waals surface area contributed by atoms with Crippen molar-refractivity contribution in [1.82, 2.24) is 14.9 Å². The number of benzene rings is 1. The summed E-state index contributed by atoms with van der Waals surface area (Å²) < 4.78 is 1.44. The highest BCUT2D eigenvalue weighted by Gasteiger charge is 2.07. The van der Waals surface area contributed by atoms with Crippen molar-refractivity contribution in [2.75, 3.05) is 6.54 Å². The molecule has 0 bridgehead atoms. The summed E-state index contributed by atoms with van der Waals surface area (Å²) in [6.07, 6.45) is 2.90. The molecule has 2 N–H and O–H groups in total. The smallest absolute Gasteiger partial charge is 0.303 e. The number of rotatable bonds is 8. The van der Waals surface area contributed by atoms with E-state index in [4.69, 9.17) is 5.11 Å². The van der Waals surface area contributed by atoms with Crippen molar-refractivity contribution >= 4 is 22.8 Å². The number of nitrogens with one attached hydrogen (secondary N) is 1. The van der Waals surface area contributed by atoms with Crippen LogP contribution in [-0.4, -0.2) is 33.1 Å². The molecular weight excluding hydrogens is 310 g/mol. The van der Waals surface area contributed by atoms with E-state index >= 15 is 0 Å². The maximum Gasteiger partial charge on any atom is 0.303 e. The number of unbranched alkanes of at least 4 members (excludes halogenated alkanes) is 1. The number of aryl methyl sites for hydroxylation is 2. The first kappa shape index (κ1) is 17.7. The summed E-state index contributed by atoms with van der Waals surface area (Å²) in [4.78, 5) is 38.8. The van der Waals surface area contributed by atoms with Gasteiger partial charge in [-0.15, -0.1) is 0 Å². The van der Waals surface area contributed by atoms with E-state index in [1.165, 1.54) is 10.9 Å². The van der Waals surface area contributed by atoms with Crippen LogP contribution in [-0.2, 0) is 16.1 Å². The van der Waals surface area contributed by atoms with Gasteiger partial charge in [-0.1, -0.05) is 12.1 Å². The number of carboxylic acids is 1. The van der Waals surface area contributed by atoms with E-state index in [0.717, 1.165) is 5.56 Å². The minimum absolute atomic E-state index is 0.105. The molecule has 0 radical (unpaired) electrons. The molecule has 7 nitrogen and oxygen atoms in total. The molecule has 24 heavy (non-hydrogen) atoms. The summed E-state index contributed by atoms with van der Waals surface area (Å²) in [6.45, 7) is 2.60. The number of fused-ring (bicyclic) bond motifs is 1. The Morgan fingerprint density at radius 1 is 1.25 bits per heavy atom. The second kappa shape index (κ2) is 8.24. The van der Waals surface area contributed by atoms with Crippen LogP contribution in [0.2, 0.25) is 0 Å². The Balaban J connectivity index is 1.87. The van der Waals surface area contributed by atoms with Crippen molar-refractivity contribution in [3.63, 3.8) is 0 Å². The van der Waals surface area contributed by atoms with Gasteiger partial charge in [-0.05, 0) is 31.4 Å². The third-order valence-corrected chi connectivity index (χ3v) is 3.77. The summed E-state index contributed by atoms with van der Waals surface area (Å²) in [6, 6.07) is 5.45. The van der Waals surface area contributed by atoms with Crippen LogP contribution in [0.25, 0.3) is 10.9 Å². The third kappa shape index (κ3) is 4.65. The van der Waals surface area contributed by atoms with Gasteiger partial charge in [-0.3, -0.25) is 19.0 Å². The Bertz CT molecular complexity index is 798. The lowest BCUT2D eigenvalue weighted by Crippen LogP contribution is -2.28. The van der Waals surface area contributed by atoms with Gasteiger partial charge in [0.15, 0.2) is 0 Å². The van der Waals surface area contributed by atoms with E-state index in [9.17, 15) is 14.4 Å². The van der Waals surface area contributed by atoms with Crippen LogP contribution in [0.15, 0.2) is 29.3 Å². The normalized spacial score (nSPS) is 10.7. The molecule has 128 valence electrons. The van der Waals surface area contributed by atoms with Gasteiger partial charge in [0.25, 0.3) is 5.56 Å². The van der Waals surface area contributed by atoms with Crippen LogP contribution in [0, 0.1) is 6.92 Å². The van der Waals surface area contributed by atoms with Crippen molar-refractivity contribution < 1.29 is 14.7 Å². The number of carbonyl (C=O) groups excluding carboxylic acids is 1. The van der Waals surface area contributed by atoms with Crippen molar-refractivity contribution in [2.45, 2.75) is 39.2 Å². The van der Waals surface area contributed by atoms with Gasteiger partial charge in [0.2, 0.25) is 5.91 Å². The molecule has 0 saturated heterocycles. The molecule has 1 aromatic heterocycles. The fourth-order valence-electron chi connectivity index (χ4n) is 2.44. The number of carbonyl (C=O) groups is 2. The SMILES string of the molecule is Cc1cccc2c(=O)n(CCC(=O)NCCCCC(=O)O)cnc12. The largest absolute Gasteiger partial charge is 0.481 e. The average Bonchev–Trinajstić information content (AvgIpc) is 2.54. The number of nitrogens with zero attached hydrogens (tertiary/aromatic N) is 2. The van der Waals surface area contributed by atoms with Crippen molar-refractivity contribution in [3.8, 4) is 0 Å². The number of aliphatic carboxylic acids is 1. The fraction of sp³-hybridized carbons (Fsp3) is 0.412. The Labute approximate surface area is 139 Å². The molecule has 0 aliphatic heterocycles. The lowest BCUT2D eigenvalue weighted by molar-refractivity contribution is -0.137. The van der Waals surface area contributed by atoms with Crippen LogP contribution in [0.5, 0.6) is 0 Å². The maximum atomic E-state index is 12.4. The molecule has 0 spiro atoms. The van der Waals surface area contributed by atoms with Gasteiger partial charge in [0, 0.05) is 25.9 Å². The van der Waals surface area contributed by atoms with Crippen LogP contribution >= 0.6 is 0 Å². The molecule has 1 heterocycles. The highest BCUT2D eigenvalue weighted by molar-refractivity contribution is 5.80. The zero-order valence-corrected chi connectivity index (χ0v) is 13.6. The lowest BCUT2D eigenvalue weighted by atomic mass is 10.1. The molecular formula is C17H21N3O4. The summed E-state index contributed by atoms with van der Waals surface area (Å²) in [5, 5.41) is 11.8. The van der Waals surface area contributed by atoms with Crippen LogP contribution in [0.1, 0.15) is 31.2 Å². The Morgan fingerprint density at radius 3 is 2.79 bits per heavy atom. The van der Waals surface area contributed by atoms with E-state index in [1.54, 1.807) is 6.07 Å². The highest BCUT2D eigenvalue weighted by Crippen LogP contribution is 2.11. The predicted octanol–water partition coefficient (Wildman–Crippen LogP) is 1.47. The summed E-state index contributed by atoms with van der Waals surface area (Å²) in [5.41, 5.74) is 1.47. The number of amides is 1.